The molecular formula is C18H18N2O2. The molecule has 1 N–H and O–H groups in total. The van der Waals surface area contributed by atoms with Gasteiger partial charge in [-0.3, -0.25) is 4.79 Å². The minimum Gasteiger partial charge on any atom is -0.481 e. The van der Waals surface area contributed by atoms with Crippen molar-refractivity contribution in [3.05, 3.63) is 48.0 Å². The van der Waals surface area contributed by atoms with Crippen LogP contribution in [-0.2, 0) is 4.79 Å². The molecule has 1 aromatic heterocycles. The molecule has 4 nitrogen and oxygen atoms in total. The molecule has 112 valence electrons. The van der Waals surface area contributed by atoms with E-state index in [9.17, 15) is 4.79 Å². The Morgan fingerprint density at radius 1 is 1.05 bits per heavy atom. The van der Waals surface area contributed by atoms with Crippen LogP contribution in [0.1, 0.15) is 37.7 Å². The van der Waals surface area contributed by atoms with Gasteiger partial charge in [0.15, 0.2) is 0 Å². The molecule has 1 atom stereocenters. The monoisotopic (exact) mass is 294 g/mol. The van der Waals surface area contributed by atoms with Crippen LogP contribution in [0.25, 0.3) is 22.1 Å². The second-order valence-electron chi connectivity index (χ2n) is 5.65. The summed E-state index contributed by atoms with van der Waals surface area (Å²) < 4.78 is 0. The van der Waals surface area contributed by atoms with Gasteiger partial charge in [0.2, 0.25) is 0 Å². The summed E-state index contributed by atoms with van der Waals surface area (Å²) >= 11 is 0. The van der Waals surface area contributed by atoms with Crippen molar-refractivity contribution in [2.45, 2.75) is 32.1 Å². The Kier molecular flexibility index (Phi) is 4.00. The lowest BCUT2D eigenvalue weighted by molar-refractivity contribution is -0.137. The summed E-state index contributed by atoms with van der Waals surface area (Å²) in [4.78, 5) is 19.9. The number of carbonyl (C=O) groups is 1. The molecule has 0 saturated heterocycles. The maximum atomic E-state index is 10.6. The van der Waals surface area contributed by atoms with Gasteiger partial charge < -0.3 is 5.11 Å². The zero-order valence-corrected chi connectivity index (χ0v) is 12.5. The maximum absolute atomic E-state index is 10.6. The van der Waals surface area contributed by atoms with Gasteiger partial charge in [0.05, 0.1) is 22.1 Å². The zero-order valence-electron chi connectivity index (χ0n) is 12.5. The predicted octanol–water partition coefficient (Wildman–Crippen LogP) is 4.14. The summed E-state index contributed by atoms with van der Waals surface area (Å²) in [5, 5.41) is 8.72. The van der Waals surface area contributed by atoms with Gasteiger partial charge in [0.25, 0.3) is 0 Å². The quantitative estimate of drug-likeness (QED) is 0.718. The van der Waals surface area contributed by atoms with Crippen LogP contribution in [-0.4, -0.2) is 21.0 Å². The van der Waals surface area contributed by atoms with E-state index < -0.39 is 5.97 Å². The number of hydrogen-bond donors (Lipinski definition) is 1. The summed E-state index contributed by atoms with van der Waals surface area (Å²) in [7, 11) is 0. The van der Waals surface area contributed by atoms with Crippen molar-refractivity contribution in [3.63, 3.8) is 0 Å². The maximum Gasteiger partial charge on any atom is 0.303 e. The minimum atomic E-state index is -0.733. The molecule has 0 spiro atoms. The molecule has 3 rings (SSSR count). The van der Waals surface area contributed by atoms with Gasteiger partial charge in [-0.15, -0.1) is 0 Å². The van der Waals surface area contributed by atoms with Crippen LogP contribution in [0.3, 0.4) is 0 Å². The largest absolute Gasteiger partial charge is 0.481 e. The number of rotatable bonds is 5. The molecule has 0 aliphatic carbocycles. The highest BCUT2D eigenvalue weighted by atomic mass is 16.4. The van der Waals surface area contributed by atoms with Crippen molar-refractivity contribution < 1.29 is 9.90 Å². The number of carboxylic acid groups (broad SMARTS) is 1. The van der Waals surface area contributed by atoms with Crippen LogP contribution in [0.5, 0.6) is 0 Å². The average molecular weight is 294 g/mol. The fourth-order valence-electron chi connectivity index (χ4n) is 2.67. The Hall–Kier alpha value is -2.49. The third-order valence-corrected chi connectivity index (χ3v) is 3.96. The number of nitrogens with zero attached hydrogens (tertiary/aromatic N) is 2. The summed E-state index contributed by atoms with van der Waals surface area (Å²) in [6, 6.07) is 14.0. The second-order valence-corrected chi connectivity index (χ2v) is 5.65. The summed E-state index contributed by atoms with van der Waals surface area (Å²) in [5.41, 5.74) is 4.76. The first kappa shape index (κ1) is 14.4. The summed E-state index contributed by atoms with van der Waals surface area (Å²) in [6.45, 7) is 2.12. The molecule has 0 radical (unpaired) electrons. The second kappa shape index (κ2) is 6.10. The highest BCUT2D eigenvalue weighted by Gasteiger charge is 2.09. The number of aromatic nitrogens is 2. The topological polar surface area (TPSA) is 63.1 Å². The number of aliphatic carboxylic acids is 1. The molecule has 0 saturated carbocycles. The molecule has 1 unspecified atom stereocenters. The van der Waals surface area contributed by atoms with Crippen LogP contribution in [0.2, 0.25) is 0 Å². The van der Waals surface area contributed by atoms with Crippen molar-refractivity contribution in [2.24, 2.45) is 0 Å². The van der Waals surface area contributed by atoms with Crippen molar-refractivity contribution in [1.82, 2.24) is 9.97 Å². The Balaban J connectivity index is 1.88. The van der Waals surface area contributed by atoms with Crippen LogP contribution in [0.15, 0.2) is 42.5 Å². The van der Waals surface area contributed by atoms with Crippen LogP contribution in [0, 0.1) is 0 Å². The number of carboxylic acids is 1. The normalized spacial score (nSPS) is 12.6. The minimum absolute atomic E-state index is 0.225. The number of fused-ring (bicyclic) bond motifs is 2. The van der Waals surface area contributed by atoms with E-state index in [2.05, 4.69) is 29.0 Å². The van der Waals surface area contributed by atoms with E-state index in [1.807, 2.05) is 30.3 Å². The molecule has 0 fully saturated rings. The molecule has 0 amide bonds. The first-order valence-electron chi connectivity index (χ1n) is 7.52. The first-order chi connectivity index (χ1) is 10.6. The van der Waals surface area contributed by atoms with E-state index in [4.69, 9.17) is 5.11 Å². The number of hydrogen-bond acceptors (Lipinski definition) is 3. The molecule has 3 aromatic rings. The molecule has 0 aliphatic rings. The molecule has 4 heteroatoms. The van der Waals surface area contributed by atoms with Gasteiger partial charge in [0, 0.05) is 6.42 Å². The van der Waals surface area contributed by atoms with Crippen molar-refractivity contribution in [2.75, 3.05) is 0 Å². The average Bonchev–Trinajstić information content (AvgIpc) is 2.51. The first-order valence-corrected chi connectivity index (χ1v) is 7.52. The Bertz CT molecular complexity index is 830. The molecular weight excluding hydrogens is 276 g/mol. The third-order valence-electron chi connectivity index (χ3n) is 3.96. The predicted molar refractivity (Wildman–Crippen MR) is 86.9 cm³/mol. The lowest BCUT2D eigenvalue weighted by Crippen LogP contribution is -1.99. The standard InChI is InChI=1S/C18H18N2O2/c1-12(5-4-8-18(21)22)13-9-10-16-17(11-13)20-15-7-3-2-6-14(15)19-16/h2-3,6-7,9-12H,4-5,8H2,1H3,(H,21,22). The van der Waals surface area contributed by atoms with Gasteiger partial charge in [-0.05, 0) is 48.6 Å². The molecule has 1 heterocycles. The van der Waals surface area contributed by atoms with E-state index in [1.54, 1.807) is 0 Å². The highest BCUT2D eigenvalue weighted by Crippen LogP contribution is 2.25. The SMILES string of the molecule is CC(CCCC(=O)O)c1ccc2nc3ccccc3nc2c1. The van der Waals surface area contributed by atoms with Gasteiger partial charge in [-0.1, -0.05) is 25.1 Å². The molecule has 0 bridgehead atoms. The van der Waals surface area contributed by atoms with E-state index in [0.29, 0.717) is 12.3 Å². The van der Waals surface area contributed by atoms with Gasteiger partial charge >= 0.3 is 5.97 Å². The van der Waals surface area contributed by atoms with Crippen LogP contribution >= 0.6 is 0 Å². The number of benzene rings is 2. The van der Waals surface area contributed by atoms with Crippen molar-refractivity contribution in [1.29, 1.82) is 0 Å². The number of para-hydroxylation sites is 2. The highest BCUT2D eigenvalue weighted by molar-refractivity contribution is 5.86. The fraction of sp³-hybridized carbons (Fsp3) is 0.278. The van der Waals surface area contributed by atoms with Crippen LogP contribution < -0.4 is 0 Å². The Labute approximate surface area is 128 Å². The van der Waals surface area contributed by atoms with E-state index in [0.717, 1.165) is 28.5 Å². The van der Waals surface area contributed by atoms with Gasteiger partial charge in [0.1, 0.15) is 0 Å². The van der Waals surface area contributed by atoms with Crippen molar-refractivity contribution in [3.8, 4) is 0 Å². The summed E-state index contributed by atoms with van der Waals surface area (Å²) in [5.74, 6) is -0.417. The van der Waals surface area contributed by atoms with Crippen molar-refractivity contribution >= 4 is 28.0 Å². The summed E-state index contributed by atoms with van der Waals surface area (Å²) in [6.07, 6.45) is 1.78. The molecule has 0 aliphatic heterocycles. The zero-order chi connectivity index (χ0) is 15.5. The smallest absolute Gasteiger partial charge is 0.303 e. The fourth-order valence-corrected chi connectivity index (χ4v) is 2.67. The Morgan fingerprint density at radius 3 is 2.36 bits per heavy atom. The lowest BCUT2D eigenvalue weighted by atomic mass is 9.95. The van der Waals surface area contributed by atoms with E-state index in [-0.39, 0.29) is 6.42 Å². The third kappa shape index (κ3) is 3.06. The van der Waals surface area contributed by atoms with Gasteiger partial charge in [-0.25, -0.2) is 9.97 Å². The molecule has 2 aromatic carbocycles. The molecule has 22 heavy (non-hydrogen) atoms. The van der Waals surface area contributed by atoms with E-state index >= 15 is 0 Å². The van der Waals surface area contributed by atoms with Gasteiger partial charge in [-0.2, -0.15) is 0 Å². The Morgan fingerprint density at radius 2 is 1.68 bits per heavy atom. The van der Waals surface area contributed by atoms with E-state index in [1.165, 1.54) is 5.56 Å². The lowest BCUT2D eigenvalue weighted by Gasteiger charge is -2.12. The van der Waals surface area contributed by atoms with Crippen LogP contribution in [0.4, 0.5) is 0 Å².